The summed E-state index contributed by atoms with van der Waals surface area (Å²) >= 11 is 0. The molecule has 186 valence electrons. The summed E-state index contributed by atoms with van der Waals surface area (Å²) < 4.78 is 72.3. The van der Waals surface area contributed by atoms with E-state index in [1.54, 1.807) is 0 Å². The van der Waals surface area contributed by atoms with Gasteiger partial charge in [-0.2, -0.15) is 13.2 Å². The van der Waals surface area contributed by atoms with Crippen LogP contribution in [-0.4, -0.2) is 35.2 Å². The Labute approximate surface area is 200 Å². The molecule has 0 atom stereocenters. The molecule has 6 nitrogen and oxygen atoms in total. The first-order valence-electron chi connectivity index (χ1n) is 10.5. The Bertz CT molecular complexity index is 1480. The van der Waals surface area contributed by atoms with Gasteiger partial charge in [-0.15, -0.1) is 0 Å². The standard InChI is InChI=1S/C25H17F5N2O4/c1-31-22(33)20-17-11-15(13-4-7-18(27)16(10-13)24(34)35)19(8-9-25(28,29)30)32-23(17)36-21(20)12-2-5-14(26)6-3-12/h2-7,10-11H,8-9H2,1H3,(H,31,33)(H,34,35). The van der Waals surface area contributed by atoms with Crippen LogP contribution < -0.4 is 5.32 Å². The number of hydrogen-bond acceptors (Lipinski definition) is 4. The van der Waals surface area contributed by atoms with Crippen LogP contribution in [0.15, 0.2) is 52.9 Å². The lowest BCUT2D eigenvalue weighted by molar-refractivity contribution is -0.134. The molecule has 0 saturated heterocycles. The first-order valence-corrected chi connectivity index (χ1v) is 10.5. The molecule has 4 aromatic rings. The van der Waals surface area contributed by atoms with E-state index in [4.69, 9.17) is 4.42 Å². The fourth-order valence-corrected chi connectivity index (χ4v) is 3.77. The summed E-state index contributed by atoms with van der Waals surface area (Å²) in [4.78, 5) is 28.4. The van der Waals surface area contributed by atoms with Crippen LogP contribution in [0.25, 0.3) is 33.6 Å². The van der Waals surface area contributed by atoms with Gasteiger partial charge in [0, 0.05) is 24.6 Å². The number of aromatic carboxylic acids is 1. The number of alkyl halides is 3. The fraction of sp³-hybridized carbons (Fsp3) is 0.160. The molecule has 0 aliphatic rings. The van der Waals surface area contributed by atoms with Gasteiger partial charge in [0.1, 0.15) is 17.4 Å². The summed E-state index contributed by atoms with van der Waals surface area (Å²) in [6, 6.07) is 9.46. The average molecular weight is 504 g/mol. The summed E-state index contributed by atoms with van der Waals surface area (Å²) in [7, 11) is 1.36. The molecule has 2 aromatic heterocycles. The number of nitrogens with zero attached hydrogens (tertiary/aromatic N) is 1. The van der Waals surface area contributed by atoms with E-state index in [9.17, 15) is 36.6 Å². The number of carboxylic acid groups (broad SMARTS) is 1. The second-order valence-electron chi connectivity index (χ2n) is 7.84. The topological polar surface area (TPSA) is 92.4 Å². The molecular weight excluding hydrogens is 487 g/mol. The Morgan fingerprint density at radius 3 is 2.31 bits per heavy atom. The summed E-state index contributed by atoms with van der Waals surface area (Å²) in [5.41, 5.74) is -0.434. The SMILES string of the molecule is CNC(=O)c1c(-c2ccc(F)cc2)oc2nc(CCC(F)(F)F)c(-c3ccc(F)c(C(=O)O)c3)cc12. The molecule has 0 saturated carbocycles. The molecule has 2 heterocycles. The first kappa shape index (κ1) is 24.8. The number of aromatic nitrogens is 1. The van der Waals surface area contributed by atoms with E-state index in [0.29, 0.717) is 5.56 Å². The predicted molar refractivity (Wildman–Crippen MR) is 120 cm³/mol. The quantitative estimate of drug-likeness (QED) is 0.315. The van der Waals surface area contributed by atoms with Crippen LogP contribution in [0.5, 0.6) is 0 Å². The van der Waals surface area contributed by atoms with Crippen LogP contribution in [0, 0.1) is 11.6 Å². The number of aryl methyl sites for hydroxylation is 1. The van der Waals surface area contributed by atoms with Gasteiger partial charge >= 0.3 is 12.1 Å². The highest BCUT2D eigenvalue weighted by molar-refractivity contribution is 6.11. The molecule has 0 bridgehead atoms. The molecule has 0 unspecified atom stereocenters. The third-order valence-electron chi connectivity index (χ3n) is 5.48. The van der Waals surface area contributed by atoms with Crippen molar-refractivity contribution < 1.29 is 41.1 Å². The fourth-order valence-electron chi connectivity index (χ4n) is 3.77. The van der Waals surface area contributed by atoms with Crippen molar-refractivity contribution in [2.24, 2.45) is 0 Å². The summed E-state index contributed by atoms with van der Waals surface area (Å²) in [6.07, 6.45) is -6.34. The van der Waals surface area contributed by atoms with E-state index in [0.717, 1.165) is 24.3 Å². The number of hydrogen-bond donors (Lipinski definition) is 2. The zero-order chi connectivity index (χ0) is 26.2. The van der Waals surface area contributed by atoms with Gasteiger partial charge in [0.2, 0.25) is 5.71 Å². The Kier molecular flexibility index (Phi) is 6.49. The van der Waals surface area contributed by atoms with Gasteiger partial charge in [-0.25, -0.2) is 18.6 Å². The number of fused-ring (bicyclic) bond motifs is 1. The van der Waals surface area contributed by atoms with Crippen LogP contribution in [0.3, 0.4) is 0 Å². The number of rotatable bonds is 6. The molecular formula is C25H17F5N2O4. The number of furan rings is 1. The number of pyridine rings is 1. The second kappa shape index (κ2) is 9.40. The zero-order valence-electron chi connectivity index (χ0n) is 18.5. The van der Waals surface area contributed by atoms with Crippen molar-refractivity contribution in [2.75, 3.05) is 7.05 Å². The van der Waals surface area contributed by atoms with Gasteiger partial charge in [-0.1, -0.05) is 6.07 Å². The van der Waals surface area contributed by atoms with Gasteiger partial charge in [0.05, 0.1) is 22.2 Å². The first-order chi connectivity index (χ1) is 17.0. The van der Waals surface area contributed by atoms with Gasteiger partial charge in [-0.05, 0) is 54.4 Å². The highest BCUT2D eigenvalue weighted by Crippen LogP contribution is 2.37. The van der Waals surface area contributed by atoms with Crippen molar-refractivity contribution in [3.8, 4) is 22.5 Å². The Morgan fingerprint density at radius 1 is 1.03 bits per heavy atom. The van der Waals surface area contributed by atoms with Gasteiger partial charge in [0.15, 0.2) is 0 Å². The molecule has 0 aliphatic heterocycles. The van der Waals surface area contributed by atoms with Gasteiger partial charge < -0.3 is 14.8 Å². The highest BCUT2D eigenvalue weighted by Gasteiger charge is 2.29. The van der Waals surface area contributed by atoms with Gasteiger partial charge in [0.25, 0.3) is 5.91 Å². The summed E-state index contributed by atoms with van der Waals surface area (Å²) in [6.45, 7) is 0. The minimum atomic E-state index is -4.52. The zero-order valence-corrected chi connectivity index (χ0v) is 18.5. The van der Waals surface area contributed by atoms with Crippen LogP contribution in [0.1, 0.15) is 32.8 Å². The maximum atomic E-state index is 14.0. The van der Waals surface area contributed by atoms with Crippen LogP contribution >= 0.6 is 0 Å². The van der Waals surface area contributed by atoms with E-state index < -0.39 is 48.1 Å². The number of carbonyl (C=O) groups is 2. The third kappa shape index (κ3) is 4.90. The lowest BCUT2D eigenvalue weighted by Crippen LogP contribution is -2.18. The van der Waals surface area contributed by atoms with E-state index in [2.05, 4.69) is 10.3 Å². The van der Waals surface area contributed by atoms with E-state index in [1.165, 1.54) is 31.3 Å². The van der Waals surface area contributed by atoms with Crippen molar-refractivity contribution in [2.45, 2.75) is 19.0 Å². The molecule has 0 aliphatic carbocycles. The van der Waals surface area contributed by atoms with Crippen LogP contribution in [0.4, 0.5) is 22.0 Å². The van der Waals surface area contributed by atoms with Crippen molar-refractivity contribution in [1.29, 1.82) is 0 Å². The lowest BCUT2D eigenvalue weighted by atomic mass is 9.96. The number of carbonyl (C=O) groups excluding carboxylic acids is 1. The average Bonchev–Trinajstić information content (AvgIpc) is 3.20. The molecule has 0 radical (unpaired) electrons. The number of nitrogens with one attached hydrogen (secondary N) is 1. The molecule has 1 amide bonds. The normalized spacial score (nSPS) is 11.6. The molecule has 2 N–H and O–H groups in total. The lowest BCUT2D eigenvalue weighted by Gasteiger charge is -2.12. The number of carboxylic acids is 1. The minimum Gasteiger partial charge on any atom is -0.478 e. The van der Waals surface area contributed by atoms with Crippen LogP contribution in [-0.2, 0) is 6.42 Å². The summed E-state index contributed by atoms with van der Waals surface area (Å²) in [5, 5.41) is 11.9. The molecule has 2 aromatic carbocycles. The van der Waals surface area contributed by atoms with Crippen LogP contribution in [0.2, 0.25) is 0 Å². The van der Waals surface area contributed by atoms with E-state index >= 15 is 0 Å². The molecule has 36 heavy (non-hydrogen) atoms. The van der Waals surface area contributed by atoms with Crippen molar-refractivity contribution >= 4 is 23.0 Å². The number of halogens is 5. The van der Waals surface area contributed by atoms with Crippen molar-refractivity contribution in [3.63, 3.8) is 0 Å². The molecule has 4 rings (SSSR count). The van der Waals surface area contributed by atoms with Gasteiger partial charge in [-0.3, -0.25) is 4.79 Å². The molecule has 0 spiro atoms. The maximum Gasteiger partial charge on any atom is 0.389 e. The largest absolute Gasteiger partial charge is 0.478 e. The smallest absolute Gasteiger partial charge is 0.389 e. The Morgan fingerprint density at radius 2 is 1.69 bits per heavy atom. The number of benzene rings is 2. The second-order valence-corrected chi connectivity index (χ2v) is 7.84. The number of amides is 1. The monoisotopic (exact) mass is 504 g/mol. The van der Waals surface area contributed by atoms with Crippen molar-refractivity contribution in [3.05, 3.63) is 77.0 Å². The highest BCUT2D eigenvalue weighted by atomic mass is 19.4. The molecule has 11 heteroatoms. The third-order valence-corrected chi connectivity index (χ3v) is 5.48. The molecule has 0 fully saturated rings. The van der Waals surface area contributed by atoms with E-state index in [-0.39, 0.29) is 39.2 Å². The van der Waals surface area contributed by atoms with Crippen molar-refractivity contribution in [1.82, 2.24) is 10.3 Å². The summed E-state index contributed by atoms with van der Waals surface area (Å²) in [5.74, 6) is -3.70. The predicted octanol–water partition coefficient (Wildman–Crippen LogP) is 5.99. The minimum absolute atomic E-state index is 0.00389. The van der Waals surface area contributed by atoms with E-state index in [1.807, 2.05) is 0 Å². The Balaban J connectivity index is 2.00. The Hall–Kier alpha value is -4.28. The maximum absolute atomic E-state index is 14.0.